The van der Waals surface area contributed by atoms with Crippen LogP contribution in [0.2, 0.25) is 5.02 Å². The van der Waals surface area contributed by atoms with Crippen molar-refractivity contribution in [1.82, 2.24) is 4.98 Å². The lowest BCUT2D eigenvalue weighted by atomic mass is 9.95. The summed E-state index contributed by atoms with van der Waals surface area (Å²) < 4.78 is 40.8. The average molecular weight is 394 g/mol. The molecule has 0 saturated heterocycles. The molecule has 27 heavy (non-hydrogen) atoms. The minimum Gasteiger partial charge on any atom is -0.505 e. The van der Waals surface area contributed by atoms with E-state index in [1.165, 1.54) is 24.3 Å². The lowest BCUT2D eigenvalue weighted by Crippen LogP contribution is -2.08. The normalized spacial score (nSPS) is 11.4. The van der Waals surface area contributed by atoms with Crippen LogP contribution in [-0.2, 0) is 6.18 Å². The van der Waals surface area contributed by atoms with Crippen LogP contribution in [0.25, 0.3) is 22.4 Å². The molecular formula is C19H11ClF3NO3. The summed E-state index contributed by atoms with van der Waals surface area (Å²) in [5.74, 6) is -1.99. The van der Waals surface area contributed by atoms with E-state index in [0.29, 0.717) is 10.6 Å². The predicted molar refractivity (Wildman–Crippen MR) is 93.7 cm³/mol. The number of hydrogen-bond acceptors (Lipinski definition) is 3. The van der Waals surface area contributed by atoms with E-state index in [1.807, 2.05) is 0 Å². The van der Waals surface area contributed by atoms with Crippen LogP contribution in [0, 0.1) is 0 Å². The summed E-state index contributed by atoms with van der Waals surface area (Å²) in [6, 6.07) is 10.6. The van der Waals surface area contributed by atoms with Crippen molar-refractivity contribution in [3.05, 3.63) is 70.9 Å². The zero-order chi connectivity index (χ0) is 19.8. The standard InChI is InChI=1S/C19H11ClF3NO3/c20-12-3-1-2-10(6-12)13-5-4-11(7-15(13)19(21,22)23)16-8-14(18(26)27)17(25)9-24-16/h1-9,25H,(H,26,27). The number of alkyl halides is 3. The minimum absolute atomic E-state index is 0.00616. The first-order chi connectivity index (χ1) is 12.7. The second-order valence-electron chi connectivity index (χ2n) is 5.66. The van der Waals surface area contributed by atoms with E-state index in [2.05, 4.69) is 4.98 Å². The summed E-state index contributed by atoms with van der Waals surface area (Å²) in [5.41, 5.74) is -1.07. The summed E-state index contributed by atoms with van der Waals surface area (Å²) in [6.07, 6.45) is -3.77. The predicted octanol–water partition coefficient (Wildman–Crippen LogP) is 5.49. The lowest BCUT2D eigenvalue weighted by Gasteiger charge is -2.15. The van der Waals surface area contributed by atoms with Crippen molar-refractivity contribution in [2.24, 2.45) is 0 Å². The number of aromatic hydroxyl groups is 1. The lowest BCUT2D eigenvalue weighted by molar-refractivity contribution is -0.137. The van der Waals surface area contributed by atoms with Gasteiger partial charge in [0.05, 0.1) is 17.5 Å². The minimum atomic E-state index is -4.65. The van der Waals surface area contributed by atoms with Crippen LogP contribution in [0.5, 0.6) is 5.75 Å². The van der Waals surface area contributed by atoms with Crippen molar-refractivity contribution in [1.29, 1.82) is 0 Å². The van der Waals surface area contributed by atoms with Crippen LogP contribution in [0.3, 0.4) is 0 Å². The molecule has 0 amide bonds. The van der Waals surface area contributed by atoms with Gasteiger partial charge in [0.25, 0.3) is 0 Å². The Balaban J connectivity index is 2.18. The number of carboxylic acid groups (broad SMARTS) is 1. The van der Waals surface area contributed by atoms with Gasteiger partial charge in [-0.15, -0.1) is 0 Å². The molecule has 0 bridgehead atoms. The summed E-state index contributed by atoms with van der Waals surface area (Å²) in [7, 11) is 0. The summed E-state index contributed by atoms with van der Waals surface area (Å²) in [6.45, 7) is 0. The van der Waals surface area contributed by atoms with Gasteiger partial charge in [-0.05, 0) is 35.4 Å². The fraction of sp³-hybridized carbons (Fsp3) is 0.0526. The molecule has 3 rings (SSSR count). The van der Waals surface area contributed by atoms with Gasteiger partial charge in [0, 0.05) is 10.6 Å². The molecule has 0 fully saturated rings. The maximum Gasteiger partial charge on any atom is 0.417 e. The van der Waals surface area contributed by atoms with Gasteiger partial charge >= 0.3 is 12.1 Å². The Hall–Kier alpha value is -3.06. The number of rotatable bonds is 3. The highest BCUT2D eigenvalue weighted by atomic mass is 35.5. The molecule has 0 radical (unpaired) electrons. The fourth-order valence-electron chi connectivity index (χ4n) is 2.62. The summed E-state index contributed by atoms with van der Waals surface area (Å²) in [5, 5.41) is 18.9. The zero-order valence-corrected chi connectivity index (χ0v) is 14.2. The quantitative estimate of drug-likeness (QED) is 0.617. The molecule has 8 heteroatoms. The highest BCUT2D eigenvalue weighted by Gasteiger charge is 2.34. The number of pyridine rings is 1. The highest BCUT2D eigenvalue weighted by Crippen LogP contribution is 2.40. The number of carbonyl (C=O) groups is 1. The molecular weight excluding hydrogens is 383 g/mol. The van der Waals surface area contributed by atoms with Gasteiger partial charge in [-0.2, -0.15) is 13.2 Å². The van der Waals surface area contributed by atoms with Crippen molar-refractivity contribution in [2.45, 2.75) is 6.18 Å². The van der Waals surface area contributed by atoms with E-state index in [1.54, 1.807) is 12.1 Å². The highest BCUT2D eigenvalue weighted by molar-refractivity contribution is 6.30. The third-order valence-corrected chi connectivity index (χ3v) is 4.10. The van der Waals surface area contributed by atoms with E-state index < -0.39 is 29.0 Å². The molecule has 0 atom stereocenters. The number of hydrogen-bond donors (Lipinski definition) is 2. The molecule has 0 spiro atoms. The third kappa shape index (κ3) is 3.88. The molecule has 4 nitrogen and oxygen atoms in total. The van der Waals surface area contributed by atoms with E-state index in [4.69, 9.17) is 16.7 Å². The van der Waals surface area contributed by atoms with Gasteiger partial charge in [0.2, 0.25) is 0 Å². The first kappa shape index (κ1) is 18.7. The van der Waals surface area contributed by atoms with Crippen LogP contribution < -0.4 is 0 Å². The largest absolute Gasteiger partial charge is 0.505 e. The molecule has 0 aliphatic heterocycles. The van der Waals surface area contributed by atoms with Crippen LogP contribution in [0.4, 0.5) is 13.2 Å². The number of aromatic nitrogens is 1. The second kappa shape index (κ2) is 6.92. The van der Waals surface area contributed by atoms with Gasteiger partial charge in [-0.1, -0.05) is 35.9 Å². The van der Waals surface area contributed by atoms with Crippen molar-refractivity contribution in [3.63, 3.8) is 0 Å². The zero-order valence-electron chi connectivity index (χ0n) is 13.5. The monoisotopic (exact) mass is 393 g/mol. The summed E-state index contributed by atoms with van der Waals surface area (Å²) >= 11 is 5.88. The van der Waals surface area contributed by atoms with Gasteiger partial charge < -0.3 is 10.2 Å². The molecule has 0 aliphatic rings. The van der Waals surface area contributed by atoms with Gasteiger partial charge in [0.15, 0.2) is 0 Å². The number of carboxylic acids is 1. The fourth-order valence-corrected chi connectivity index (χ4v) is 2.81. The Labute approximate surface area is 156 Å². The van der Waals surface area contributed by atoms with Gasteiger partial charge in [-0.25, -0.2) is 4.79 Å². The average Bonchev–Trinajstić information content (AvgIpc) is 2.60. The molecule has 0 saturated carbocycles. The number of nitrogens with zero attached hydrogens (tertiary/aromatic N) is 1. The van der Waals surface area contributed by atoms with Crippen LogP contribution in [0.1, 0.15) is 15.9 Å². The molecule has 3 aromatic rings. The molecule has 0 aliphatic carbocycles. The maximum atomic E-state index is 13.6. The maximum absolute atomic E-state index is 13.6. The Morgan fingerprint density at radius 1 is 1.04 bits per heavy atom. The Bertz CT molecular complexity index is 1030. The SMILES string of the molecule is O=C(O)c1cc(-c2ccc(-c3cccc(Cl)c3)c(C(F)(F)F)c2)ncc1O. The smallest absolute Gasteiger partial charge is 0.417 e. The first-order valence-corrected chi connectivity index (χ1v) is 7.94. The van der Waals surface area contributed by atoms with Crippen LogP contribution in [-0.4, -0.2) is 21.2 Å². The number of benzene rings is 2. The van der Waals surface area contributed by atoms with E-state index in [9.17, 15) is 23.1 Å². The number of halogens is 4. The van der Waals surface area contributed by atoms with Crippen molar-refractivity contribution >= 4 is 17.6 Å². The third-order valence-electron chi connectivity index (χ3n) is 3.87. The Morgan fingerprint density at radius 3 is 2.41 bits per heavy atom. The molecule has 138 valence electrons. The molecule has 1 aromatic heterocycles. The topological polar surface area (TPSA) is 70.4 Å². The van der Waals surface area contributed by atoms with E-state index in [-0.39, 0.29) is 16.8 Å². The van der Waals surface area contributed by atoms with Crippen molar-refractivity contribution in [2.75, 3.05) is 0 Å². The van der Waals surface area contributed by atoms with Crippen molar-refractivity contribution in [3.8, 4) is 28.1 Å². The number of aromatic carboxylic acids is 1. The second-order valence-corrected chi connectivity index (χ2v) is 6.10. The molecule has 1 heterocycles. The van der Waals surface area contributed by atoms with Gasteiger partial charge in [-0.3, -0.25) is 4.98 Å². The Morgan fingerprint density at radius 2 is 1.78 bits per heavy atom. The van der Waals surface area contributed by atoms with E-state index in [0.717, 1.165) is 18.3 Å². The Kier molecular flexibility index (Phi) is 4.80. The molecule has 2 aromatic carbocycles. The summed E-state index contributed by atoms with van der Waals surface area (Å²) in [4.78, 5) is 15.0. The van der Waals surface area contributed by atoms with E-state index >= 15 is 0 Å². The molecule has 2 N–H and O–H groups in total. The first-order valence-electron chi connectivity index (χ1n) is 7.56. The van der Waals surface area contributed by atoms with Crippen LogP contribution in [0.15, 0.2) is 54.7 Å². The van der Waals surface area contributed by atoms with Crippen LogP contribution >= 0.6 is 11.6 Å². The molecule has 0 unspecified atom stereocenters. The van der Waals surface area contributed by atoms with Crippen molar-refractivity contribution < 1.29 is 28.2 Å². The van der Waals surface area contributed by atoms with Gasteiger partial charge in [0.1, 0.15) is 11.3 Å².